The summed E-state index contributed by atoms with van der Waals surface area (Å²) in [7, 11) is 0. The van der Waals surface area contributed by atoms with Crippen molar-refractivity contribution in [2.24, 2.45) is 5.73 Å². The number of carboxylic acids is 2. The van der Waals surface area contributed by atoms with Crippen LogP contribution in [0.25, 0.3) is 0 Å². The van der Waals surface area contributed by atoms with Crippen LogP contribution in [0, 0.1) is 0 Å². The third kappa shape index (κ3) is 4.25. The van der Waals surface area contributed by atoms with Crippen LogP contribution in [0.15, 0.2) is 30.3 Å². The summed E-state index contributed by atoms with van der Waals surface area (Å²) in [6.07, 6.45) is -5.04. The molecule has 0 aliphatic heterocycles. The van der Waals surface area contributed by atoms with Crippen LogP contribution in [0.4, 0.5) is 13.2 Å². The molecule has 0 aliphatic rings. The molecule has 1 aromatic rings. The third-order valence-corrected chi connectivity index (χ3v) is 2.01. The number of hydrogen-bond acceptors (Lipinski definition) is 3. The van der Waals surface area contributed by atoms with Crippen molar-refractivity contribution in [2.75, 3.05) is 0 Å². The zero-order chi connectivity index (χ0) is 15.3. The molecule has 1 aromatic carbocycles. The quantitative estimate of drug-likeness (QED) is 0.763. The van der Waals surface area contributed by atoms with E-state index in [1.54, 1.807) is 0 Å². The average Bonchev–Trinajstić information content (AvgIpc) is 2.26. The predicted octanol–water partition coefficient (Wildman–Crippen LogP) is 1.58. The van der Waals surface area contributed by atoms with E-state index in [4.69, 9.17) is 20.7 Å². The zero-order valence-corrected chi connectivity index (χ0v) is 9.81. The lowest BCUT2D eigenvalue weighted by Gasteiger charge is -2.27. The van der Waals surface area contributed by atoms with Crippen LogP contribution in [0.3, 0.4) is 0 Å². The highest BCUT2D eigenvalue weighted by Gasteiger charge is 2.59. The van der Waals surface area contributed by atoms with Crippen LogP contribution in [0.2, 0.25) is 0 Å². The fraction of sp³-hybridized carbons (Fsp3) is 0.273. The van der Waals surface area contributed by atoms with E-state index in [1.165, 1.54) is 18.2 Å². The van der Waals surface area contributed by atoms with Crippen LogP contribution in [-0.4, -0.2) is 28.3 Å². The first-order valence-electron chi connectivity index (χ1n) is 4.87. The molecular formula is C11H12F3NO4. The summed E-state index contributed by atoms with van der Waals surface area (Å²) >= 11 is 0. The van der Waals surface area contributed by atoms with E-state index in [0.29, 0.717) is 0 Å². The van der Waals surface area contributed by atoms with Crippen molar-refractivity contribution in [3.05, 3.63) is 35.9 Å². The van der Waals surface area contributed by atoms with E-state index in [2.05, 4.69) is 0 Å². The van der Waals surface area contributed by atoms with E-state index in [0.717, 1.165) is 19.1 Å². The second kappa shape index (κ2) is 6.19. The minimum atomic E-state index is -5.04. The van der Waals surface area contributed by atoms with Crippen molar-refractivity contribution in [2.45, 2.75) is 18.6 Å². The van der Waals surface area contributed by atoms with Gasteiger partial charge in [-0.15, -0.1) is 0 Å². The molecule has 0 aromatic heterocycles. The number of hydrogen-bond donors (Lipinski definition) is 3. The van der Waals surface area contributed by atoms with E-state index in [9.17, 15) is 18.0 Å². The summed E-state index contributed by atoms with van der Waals surface area (Å²) in [5, 5.41) is 16.0. The highest BCUT2D eigenvalue weighted by molar-refractivity contribution is 5.81. The summed E-state index contributed by atoms with van der Waals surface area (Å²) in [4.78, 5) is 19.6. The molecule has 0 heterocycles. The van der Waals surface area contributed by atoms with Gasteiger partial charge in [-0.3, -0.25) is 4.79 Å². The van der Waals surface area contributed by atoms with E-state index in [1.807, 2.05) is 0 Å². The Morgan fingerprint density at radius 2 is 1.47 bits per heavy atom. The Balaban J connectivity index is 0.000000711. The van der Waals surface area contributed by atoms with Gasteiger partial charge in [0, 0.05) is 6.92 Å². The minimum Gasteiger partial charge on any atom is -0.481 e. The molecule has 0 bridgehead atoms. The lowest BCUT2D eigenvalue weighted by atomic mass is 9.90. The van der Waals surface area contributed by atoms with E-state index in [-0.39, 0.29) is 0 Å². The van der Waals surface area contributed by atoms with Gasteiger partial charge in [0.15, 0.2) is 0 Å². The maximum absolute atomic E-state index is 12.5. The van der Waals surface area contributed by atoms with Crippen molar-refractivity contribution in [1.29, 1.82) is 0 Å². The van der Waals surface area contributed by atoms with Crippen molar-refractivity contribution in [1.82, 2.24) is 0 Å². The SMILES string of the molecule is CC(=O)O.NC(C(=O)O)(c1ccccc1)C(F)(F)F. The van der Waals surface area contributed by atoms with Gasteiger partial charge in [0.25, 0.3) is 5.97 Å². The van der Waals surface area contributed by atoms with E-state index < -0.39 is 29.2 Å². The fourth-order valence-electron chi connectivity index (χ4n) is 1.11. The number of alkyl halides is 3. The predicted molar refractivity (Wildman–Crippen MR) is 59.3 cm³/mol. The standard InChI is InChI=1S/C9H8F3NO2.C2H4O2/c10-9(11,12)8(13,7(14)15)6-4-2-1-3-5-6;1-2(3)4/h1-5H,13H2,(H,14,15);1H3,(H,3,4). The smallest absolute Gasteiger partial charge is 0.421 e. The molecule has 1 unspecified atom stereocenters. The Labute approximate surface area is 106 Å². The molecule has 0 saturated heterocycles. The summed E-state index contributed by atoms with van der Waals surface area (Å²) in [5.74, 6) is -2.96. The number of carboxylic acid groups (broad SMARTS) is 2. The van der Waals surface area contributed by atoms with Crippen LogP contribution in [0.5, 0.6) is 0 Å². The number of nitrogens with two attached hydrogens (primary N) is 1. The molecule has 0 amide bonds. The molecule has 0 aliphatic carbocycles. The molecule has 0 radical (unpaired) electrons. The maximum Gasteiger partial charge on any atom is 0.421 e. The number of aliphatic carboxylic acids is 2. The van der Waals surface area contributed by atoms with Gasteiger partial charge in [0.2, 0.25) is 5.54 Å². The number of rotatable bonds is 2. The zero-order valence-electron chi connectivity index (χ0n) is 9.81. The van der Waals surface area contributed by atoms with Crippen LogP contribution >= 0.6 is 0 Å². The first kappa shape index (κ1) is 16.9. The Kier molecular flexibility index (Phi) is 5.51. The first-order chi connectivity index (χ1) is 8.53. The highest BCUT2D eigenvalue weighted by Crippen LogP contribution is 2.36. The van der Waals surface area contributed by atoms with Gasteiger partial charge >= 0.3 is 12.1 Å². The van der Waals surface area contributed by atoms with Gasteiger partial charge in [-0.05, 0) is 5.56 Å². The second-order valence-electron chi connectivity index (χ2n) is 3.50. The molecular weight excluding hydrogens is 267 g/mol. The molecule has 106 valence electrons. The molecule has 8 heteroatoms. The summed E-state index contributed by atoms with van der Waals surface area (Å²) in [5.41, 5.74) is 1.07. The molecule has 0 fully saturated rings. The summed E-state index contributed by atoms with van der Waals surface area (Å²) < 4.78 is 37.6. The van der Waals surface area contributed by atoms with Crippen LogP contribution < -0.4 is 5.73 Å². The molecule has 0 saturated carbocycles. The Morgan fingerprint density at radius 3 is 1.74 bits per heavy atom. The molecule has 5 nitrogen and oxygen atoms in total. The fourth-order valence-corrected chi connectivity index (χ4v) is 1.11. The van der Waals surface area contributed by atoms with Gasteiger partial charge in [-0.1, -0.05) is 30.3 Å². The van der Waals surface area contributed by atoms with Crippen LogP contribution in [0.1, 0.15) is 12.5 Å². The lowest BCUT2D eigenvalue weighted by molar-refractivity contribution is -0.204. The molecule has 0 spiro atoms. The monoisotopic (exact) mass is 279 g/mol. The van der Waals surface area contributed by atoms with Gasteiger partial charge < -0.3 is 15.9 Å². The van der Waals surface area contributed by atoms with E-state index >= 15 is 0 Å². The summed E-state index contributed by atoms with van der Waals surface area (Å²) in [6.45, 7) is 1.08. The average molecular weight is 279 g/mol. The van der Waals surface area contributed by atoms with Crippen LogP contribution in [-0.2, 0) is 15.1 Å². The van der Waals surface area contributed by atoms with Gasteiger partial charge in [-0.2, -0.15) is 13.2 Å². The normalized spacial score (nSPS) is 13.7. The Morgan fingerprint density at radius 1 is 1.11 bits per heavy atom. The van der Waals surface area contributed by atoms with Crippen molar-refractivity contribution in [3.8, 4) is 0 Å². The van der Waals surface area contributed by atoms with Gasteiger partial charge in [0.1, 0.15) is 0 Å². The highest BCUT2D eigenvalue weighted by atomic mass is 19.4. The Bertz CT molecular complexity index is 443. The molecule has 19 heavy (non-hydrogen) atoms. The molecule has 1 rings (SSSR count). The number of carbonyl (C=O) groups is 2. The minimum absolute atomic E-state index is 0.495. The molecule has 1 atom stereocenters. The number of halogens is 3. The lowest BCUT2D eigenvalue weighted by Crippen LogP contribution is -2.56. The number of benzene rings is 1. The van der Waals surface area contributed by atoms with Gasteiger partial charge in [-0.25, -0.2) is 4.79 Å². The third-order valence-electron chi connectivity index (χ3n) is 2.01. The summed E-state index contributed by atoms with van der Waals surface area (Å²) in [6, 6.07) is 6.13. The van der Waals surface area contributed by atoms with Crippen molar-refractivity contribution in [3.63, 3.8) is 0 Å². The van der Waals surface area contributed by atoms with Gasteiger partial charge in [0.05, 0.1) is 0 Å². The second-order valence-corrected chi connectivity index (χ2v) is 3.50. The molecule has 4 N–H and O–H groups in total. The maximum atomic E-state index is 12.5. The Hall–Kier alpha value is -2.09. The largest absolute Gasteiger partial charge is 0.481 e. The topological polar surface area (TPSA) is 101 Å². The van der Waals surface area contributed by atoms with Crippen molar-refractivity contribution < 1.29 is 33.0 Å². The first-order valence-corrected chi connectivity index (χ1v) is 4.87. The van der Waals surface area contributed by atoms with Crippen molar-refractivity contribution >= 4 is 11.9 Å².